The molecule has 0 fully saturated rings. The van der Waals surface area contributed by atoms with Gasteiger partial charge in [-0.15, -0.1) is 45.0 Å². The molecule has 8 aromatic carbocycles. The number of terminal acetylenes is 7. The van der Waals surface area contributed by atoms with E-state index < -0.39 is 16.2 Å². The summed E-state index contributed by atoms with van der Waals surface area (Å²) >= 11 is 0. The lowest BCUT2D eigenvalue weighted by atomic mass is 9.72. The van der Waals surface area contributed by atoms with Crippen LogP contribution in [-0.2, 0) is 16.2 Å². The molecule has 0 amide bonds. The molecule has 16 nitrogen and oxygen atoms in total. The zero-order valence-corrected chi connectivity index (χ0v) is 64.7. The average Bonchev–Trinajstić information content (AvgIpc) is 1.52. The Balaban J connectivity index is 1.09. The Morgan fingerprint density at radius 3 is 1.25 bits per heavy atom. The maximum atomic E-state index is 11.3. The largest absolute Gasteiger partial charge is 0.460 e. The molecule has 11 rings (SSSR count). The second kappa shape index (κ2) is 35.5. The Labute approximate surface area is 669 Å². The number of rotatable bonds is 30. The topological polar surface area (TPSA) is 182 Å². The van der Waals surface area contributed by atoms with Crippen LogP contribution in [0.3, 0.4) is 0 Å². The van der Waals surface area contributed by atoms with Crippen molar-refractivity contribution in [2.24, 2.45) is 5.92 Å². The second-order valence-electron chi connectivity index (χ2n) is 28.6. The number of ether oxygens (including phenoxy) is 8. The fourth-order valence-corrected chi connectivity index (χ4v) is 14.9. The van der Waals surface area contributed by atoms with Gasteiger partial charge in [0, 0.05) is 58.8 Å². The summed E-state index contributed by atoms with van der Waals surface area (Å²) in [5.74, 6) is 22.4. The molecule has 0 aliphatic heterocycles. The summed E-state index contributed by atoms with van der Waals surface area (Å²) in [6.45, 7) is 20.9. The van der Waals surface area contributed by atoms with Crippen LogP contribution in [0.2, 0.25) is 0 Å². The fraction of sp³-hybridized carbons (Fsp3) is 0.224. The van der Waals surface area contributed by atoms with Crippen molar-refractivity contribution in [3.8, 4) is 185 Å². The first-order valence-electron chi connectivity index (χ1n) is 36.8. The minimum absolute atomic E-state index is 0.0420. The molecule has 3 aliphatic rings. The van der Waals surface area contributed by atoms with Gasteiger partial charge in [0.2, 0.25) is 0 Å². The van der Waals surface area contributed by atoms with Crippen LogP contribution in [0.15, 0.2) is 211 Å². The van der Waals surface area contributed by atoms with Crippen LogP contribution in [0.1, 0.15) is 107 Å². The molecule has 3 aliphatic carbocycles. The summed E-state index contributed by atoms with van der Waals surface area (Å²) in [6.07, 6.45) is 49.0. The maximum absolute atomic E-state index is 11.3. The highest BCUT2D eigenvalue weighted by Crippen LogP contribution is 2.66. The highest BCUT2D eigenvalue weighted by atomic mass is 16.5. The van der Waals surface area contributed by atoms with Crippen LogP contribution in [-0.4, -0.2) is 57.3 Å². The van der Waals surface area contributed by atoms with Gasteiger partial charge in [0.05, 0.1) is 45.8 Å². The Morgan fingerprint density at radius 2 is 0.825 bits per heavy atom. The first-order valence-corrected chi connectivity index (χ1v) is 36.8. The van der Waals surface area contributed by atoms with Crippen LogP contribution in [0.5, 0.6) is 74.7 Å². The highest BCUT2D eigenvalue weighted by Gasteiger charge is 2.57. The van der Waals surface area contributed by atoms with Crippen molar-refractivity contribution < 1.29 is 37.9 Å². The maximum Gasteiger partial charge on any atom is 0.170 e. The molecule has 0 saturated carbocycles. The molecule has 0 aromatic heterocycles. The molecular weight excluding hydrogens is 1420 g/mol. The number of anilines is 3. The van der Waals surface area contributed by atoms with Gasteiger partial charge in [0.15, 0.2) is 23.0 Å². The Bertz CT molecular complexity index is 5690. The number of hydrogen-bond donors (Lipinski definition) is 0. The highest BCUT2D eigenvalue weighted by molar-refractivity contribution is 5.70. The van der Waals surface area contributed by atoms with Gasteiger partial charge < -0.3 is 57.5 Å². The number of allylic oxidation sites excluding steroid dienone is 7. The summed E-state index contributed by atoms with van der Waals surface area (Å²) in [6, 6.07) is 54.3. The number of benzene rings is 8. The lowest BCUT2D eigenvalue weighted by molar-refractivity contribution is 0.339. The quantitative estimate of drug-likeness (QED) is 0.0179. The van der Waals surface area contributed by atoms with Gasteiger partial charge in [-0.05, 0) is 175 Å². The second-order valence-corrected chi connectivity index (χ2v) is 28.6. The van der Waals surface area contributed by atoms with E-state index in [4.69, 9.17) is 82.9 Å². The zero-order valence-electron chi connectivity index (χ0n) is 64.7. The Morgan fingerprint density at radius 1 is 0.456 bits per heavy atom. The number of hydrogen-bond acceptors (Lipinski definition) is 16. The molecule has 1 spiro atoms. The van der Waals surface area contributed by atoms with E-state index in [9.17, 15) is 21.0 Å². The van der Waals surface area contributed by atoms with Gasteiger partial charge in [-0.1, -0.05) is 131 Å². The van der Waals surface area contributed by atoms with Crippen molar-refractivity contribution in [1.82, 2.24) is 4.90 Å². The Kier molecular flexibility index (Phi) is 24.9. The predicted molar refractivity (Wildman–Crippen MR) is 446 cm³/mol. The van der Waals surface area contributed by atoms with Crippen molar-refractivity contribution in [1.29, 1.82) is 21.0 Å². The summed E-state index contributed by atoms with van der Waals surface area (Å²) in [4.78, 5) is 7.60. The number of nitriles is 4. The van der Waals surface area contributed by atoms with Crippen LogP contribution >= 0.6 is 0 Å². The van der Waals surface area contributed by atoms with Gasteiger partial charge >= 0.3 is 0 Å². The molecular formula is C98H82N8O8. The molecule has 0 radical (unpaired) electrons. The first-order chi connectivity index (χ1) is 55.2. The molecule has 8 aromatic rings. The minimum Gasteiger partial charge on any atom is -0.460 e. The third-order valence-corrected chi connectivity index (χ3v) is 20.0. The van der Waals surface area contributed by atoms with Gasteiger partial charge in [-0.3, -0.25) is 0 Å². The molecule has 562 valence electrons. The van der Waals surface area contributed by atoms with E-state index in [1.165, 1.54) is 6.08 Å². The van der Waals surface area contributed by atoms with Crippen LogP contribution in [0.4, 0.5) is 17.1 Å². The molecule has 0 saturated heterocycles. The standard InChI is InChI=1S/C98H82N8O8/c1-16-31-84(76(61-99)68(11)107-73-35-25-32-69(53-73)103(24-9)46-17-2)111-92-57-80-82(59-94(92)114-90-43-30-40-87(79(90)64-102)110-91-56-72(45-44-67(91)10)106(51-22-7)52-23-8)98(65-96(80,12)13)66-97(14,15)81-58-93(112-88-41-28-38-85(77(88)62-100)108-74-36-26-33-70(54-74)104(47-18-3)48-19-4)95(60-83(81)98)113-89-42-29-39-86(78(89)63-101)109-75-37-27-34-71(55-75)105(49-20-5)50-21-6/h2-8,16,25-43,45,53-60,67H,1,24,44,46-52,65-66H2,9-15H3/b76-68+,84-31+. The van der Waals surface area contributed by atoms with Gasteiger partial charge in [0.25, 0.3) is 0 Å². The van der Waals surface area contributed by atoms with E-state index in [0.29, 0.717) is 66.7 Å². The monoisotopic (exact) mass is 1500 g/mol. The average molecular weight is 1500 g/mol. The molecule has 0 bridgehead atoms. The molecule has 2 atom stereocenters. The van der Waals surface area contributed by atoms with Crippen molar-refractivity contribution in [2.75, 3.05) is 67.1 Å². The SMILES string of the molecule is C#CCN(CC#C)C1=CCC(C)C(Oc2cccc(Oc3cc4c(cc3OC(=C/C=C)/C(C#N)=C(\C)Oc3cccc(N(CC)CC#C)c3)C(C)(C)CC43CC(C)(C)c4cc(Oc5cccc(Oc6cccc(N(CC#C)CC#C)c6)c5C#N)c(Oc5cccc(Oc6cccc(N(CC#C)CC#C)c6)c5C#N)cc43)c2C#N)=C1. The van der Waals surface area contributed by atoms with Gasteiger partial charge in [-0.25, -0.2) is 0 Å². The van der Waals surface area contributed by atoms with Crippen molar-refractivity contribution in [2.45, 2.75) is 84.0 Å². The van der Waals surface area contributed by atoms with E-state index in [1.54, 1.807) is 110 Å². The van der Waals surface area contributed by atoms with Crippen molar-refractivity contribution in [3.05, 3.63) is 250 Å². The lowest BCUT2D eigenvalue weighted by Crippen LogP contribution is -2.27. The lowest BCUT2D eigenvalue weighted by Gasteiger charge is -2.31. The molecule has 0 heterocycles. The van der Waals surface area contributed by atoms with Gasteiger partial charge in [0.1, 0.15) is 116 Å². The normalized spacial score (nSPS) is 15.1. The van der Waals surface area contributed by atoms with E-state index in [2.05, 4.69) is 106 Å². The minimum atomic E-state index is -0.879. The van der Waals surface area contributed by atoms with Crippen molar-refractivity contribution >= 4 is 17.1 Å². The van der Waals surface area contributed by atoms with Crippen LogP contribution in [0, 0.1) is 138 Å². The Hall–Kier alpha value is -15.1. The molecule has 2 unspecified atom stereocenters. The first kappa shape index (κ1) is 80.0. The van der Waals surface area contributed by atoms with Crippen LogP contribution in [0.25, 0.3) is 0 Å². The third-order valence-electron chi connectivity index (χ3n) is 20.0. The van der Waals surface area contributed by atoms with Crippen molar-refractivity contribution in [3.63, 3.8) is 0 Å². The summed E-state index contributed by atoms with van der Waals surface area (Å²) in [5, 5.41) is 45.0. The molecule has 0 N–H and O–H groups in total. The van der Waals surface area contributed by atoms with E-state index in [1.807, 2.05) is 94.1 Å². The summed E-state index contributed by atoms with van der Waals surface area (Å²) in [7, 11) is 0. The molecule has 114 heavy (non-hydrogen) atoms. The predicted octanol–water partition coefficient (Wildman–Crippen LogP) is 19.6. The van der Waals surface area contributed by atoms with E-state index >= 15 is 0 Å². The number of nitrogens with zero attached hydrogens (tertiary/aromatic N) is 8. The fourth-order valence-electron chi connectivity index (χ4n) is 14.9. The summed E-state index contributed by atoms with van der Waals surface area (Å²) < 4.78 is 54.9. The zero-order chi connectivity index (χ0) is 81.3. The summed E-state index contributed by atoms with van der Waals surface area (Å²) in [5.41, 5.74) is 4.56. The third kappa shape index (κ3) is 17.2. The van der Waals surface area contributed by atoms with Gasteiger partial charge in [-0.2, -0.15) is 21.0 Å². The van der Waals surface area contributed by atoms with Crippen LogP contribution < -0.4 is 52.6 Å². The van der Waals surface area contributed by atoms with E-state index in [-0.39, 0.29) is 136 Å². The number of fused-ring (bicyclic) bond motifs is 4. The molecule has 16 heteroatoms. The smallest absolute Gasteiger partial charge is 0.170 e. The van der Waals surface area contributed by atoms with E-state index in [0.717, 1.165) is 33.6 Å².